The van der Waals surface area contributed by atoms with Crippen LogP contribution in [0, 0.1) is 22.7 Å². The van der Waals surface area contributed by atoms with Gasteiger partial charge in [-0.15, -0.1) is 0 Å². The molecule has 6 heteroatoms. The van der Waals surface area contributed by atoms with Crippen LogP contribution in [-0.4, -0.2) is 47.6 Å². The van der Waals surface area contributed by atoms with E-state index in [0.29, 0.717) is 24.4 Å². The van der Waals surface area contributed by atoms with Gasteiger partial charge in [-0.1, -0.05) is 54.9 Å². The van der Waals surface area contributed by atoms with Crippen molar-refractivity contribution < 1.29 is 14.4 Å². The molecule has 5 aliphatic rings. The summed E-state index contributed by atoms with van der Waals surface area (Å²) in [6, 6.07) is 14.4. The Kier molecular flexibility index (Phi) is 7.66. The molecule has 0 amide bonds. The maximum absolute atomic E-state index is 12.5. The zero-order valence-electron chi connectivity index (χ0n) is 26.0. The first-order chi connectivity index (χ1) is 20.8. The minimum atomic E-state index is -0.682. The first kappa shape index (κ1) is 29.0. The molecule has 0 radical (unpaired) electrons. The third kappa shape index (κ3) is 5.03. The van der Waals surface area contributed by atoms with Gasteiger partial charge >= 0.3 is 5.63 Å². The molecule has 0 unspecified atom stereocenters. The van der Waals surface area contributed by atoms with Crippen LogP contribution in [-0.2, 0) is 4.84 Å². The van der Waals surface area contributed by atoms with Crippen LogP contribution in [0.5, 0.6) is 0 Å². The molecular weight excluding hydrogens is 536 g/mol. The zero-order valence-corrected chi connectivity index (χ0v) is 26.0. The Balaban J connectivity index is 0.964. The van der Waals surface area contributed by atoms with E-state index in [2.05, 4.69) is 60.3 Å². The van der Waals surface area contributed by atoms with Crippen molar-refractivity contribution in [2.24, 2.45) is 27.8 Å². The molecule has 4 aliphatic carbocycles. The lowest BCUT2D eigenvalue weighted by Gasteiger charge is -2.61. The van der Waals surface area contributed by atoms with Gasteiger partial charge in [0.2, 0.25) is 0 Å². The minimum Gasteiger partial charge on any atom is -0.431 e. The largest absolute Gasteiger partial charge is 0.431 e. The average Bonchev–Trinajstić information content (AvgIpc) is 3.31. The summed E-state index contributed by atoms with van der Waals surface area (Å²) in [5.74, 6) is 1.69. The summed E-state index contributed by atoms with van der Waals surface area (Å²) in [7, 11) is 0. The van der Waals surface area contributed by atoms with Gasteiger partial charge in [0.1, 0.15) is 6.61 Å². The number of benzene rings is 1. The predicted octanol–water partition coefficient (Wildman–Crippen LogP) is 7.05. The molecule has 43 heavy (non-hydrogen) atoms. The van der Waals surface area contributed by atoms with E-state index in [1.807, 2.05) is 6.07 Å². The second-order valence-electron chi connectivity index (χ2n) is 14.6. The molecule has 1 aliphatic heterocycles. The fraction of sp³-hybridized carbons (Fsp3) is 0.622. The predicted molar refractivity (Wildman–Crippen MR) is 169 cm³/mol. The highest BCUT2D eigenvalue weighted by Gasteiger charge is 2.66. The maximum atomic E-state index is 12.5. The molecule has 2 heterocycles. The van der Waals surface area contributed by atoms with Crippen molar-refractivity contribution in [1.82, 2.24) is 4.90 Å². The van der Waals surface area contributed by atoms with Crippen molar-refractivity contribution in [3.05, 3.63) is 81.9 Å². The normalized spacial score (nSPS) is 37.3. The highest BCUT2D eigenvalue weighted by molar-refractivity contribution is 5.96. The number of hydrogen-bond acceptors (Lipinski definition) is 6. The van der Waals surface area contributed by atoms with Crippen LogP contribution in [0.25, 0.3) is 0 Å². The Morgan fingerprint density at radius 2 is 1.74 bits per heavy atom. The van der Waals surface area contributed by atoms with E-state index in [1.54, 1.807) is 6.26 Å². The van der Waals surface area contributed by atoms with Crippen LogP contribution in [0.2, 0.25) is 0 Å². The fourth-order valence-electron chi connectivity index (χ4n) is 10.2. The lowest BCUT2D eigenvalue weighted by Crippen LogP contribution is -2.60. The Bertz CT molecular complexity index is 1410. The van der Waals surface area contributed by atoms with Gasteiger partial charge in [0.15, 0.2) is 0 Å². The molecule has 1 saturated heterocycles. The molecule has 1 aromatic carbocycles. The molecule has 3 saturated carbocycles. The van der Waals surface area contributed by atoms with Crippen molar-refractivity contribution in [2.45, 2.75) is 95.5 Å². The van der Waals surface area contributed by atoms with Crippen molar-refractivity contribution >= 4 is 5.71 Å². The Morgan fingerprint density at radius 1 is 0.930 bits per heavy atom. The number of nitrogens with zero attached hydrogens (tertiary/aromatic N) is 2. The quantitative estimate of drug-likeness (QED) is 0.291. The topological polar surface area (TPSA) is 75.3 Å². The fourth-order valence-corrected chi connectivity index (χ4v) is 10.2. The first-order valence-electron chi connectivity index (χ1n) is 16.8. The average molecular weight is 585 g/mol. The molecule has 4 fully saturated rings. The van der Waals surface area contributed by atoms with E-state index >= 15 is 0 Å². The summed E-state index contributed by atoms with van der Waals surface area (Å²) in [4.78, 5) is 20.0. The first-order valence-corrected chi connectivity index (χ1v) is 16.8. The van der Waals surface area contributed by atoms with Crippen LogP contribution in [0.1, 0.15) is 101 Å². The van der Waals surface area contributed by atoms with Crippen LogP contribution < -0.4 is 5.63 Å². The van der Waals surface area contributed by atoms with Gasteiger partial charge in [0.25, 0.3) is 0 Å². The van der Waals surface area contributed by atoms with Gasteiger partial charge in [0, 0.05) is 18.0 Å². The van der Waals surface area contributed by atoms with E-state index in [-0.39, 0.29) is 22.4 Å². The number of allylic oxidation sites excluding steroid dienone is 2. The van der Waals surface area contributed by atoms with Crippen molar-refractivity contribution in [1.29, 1.82) is 0 Å². The number of likely N-dealkylation sites (tertiary alicyclic amines) is 1. The van der Waals surface area contributed by atoms with Gasteiger partial charge in [-0.2, -0.15) is 0 Å². The SMILES string of the molecule is C[C@]12CC/C(=N\OCCN3CCC(c4ccccc4)CC3)C=C1CC[C@@H]1[C@@H]2CC[C@]2(C)[C@@H](c3ccc(=O)oc3)CC[C@]12O. The Hall–Kier alpha value is -2.70. The van der Waals surface area contributed by atoms with Crippen molar-refractivity contribution in [2.75, 3.05) is 26.2 Å². The minimum absolute atomic E-state index is 0.111. The number of aliphatic hydroxyl groups is 1. The van der Waals surface area contributed by atoms with Gasteiger partial charge in [-0.3, -0.25) is 4.90 Å². The van der Waals surface area contributed by atoms with E-state index in [9.17, 15) is 9.90 Å². The van der Waals surface area contributed by atoms with Gasteiger partial charge < -0.3 is 14.4 Å². The molecule has 0 spiro atoms. The zero-order chi connectivity index (χ0) is 29.7. The second kappa shape index (κ2) is 11.3. The summed E-state index contributed by atoms with van der Waals surface area (Å²) < 4.78 is 5.25. The number of hydrogen-bond donors (Lipinski definition) is 1. The van der Waals surface area contributed by atoms with E-state index in [1.165, 1.54) is 30.0 Å². The molecule has 0 bridgehead atoms. The number of rotatable bonds is 6. The smallest absolute Gasteiger partial charge is 0.335 e. The van der Waals surface area contributed by atoms with E-state index in [4.69, 9.17) is 9.25 Å². The number of fused-ring (bicyclic) bond motifs is 5. The molecule has 6 nitrogen and oxygen atoms in total. The van der Waals surface area contributed by atoms with Crippen molar-refractivity contribution in [3.8, 4) is 0 Å². The summed E-state index contributed by atoms with van der Waals surface area (Å²) in [5.41, 5.74) is 4.06. The summed E-state index contributed by atoms with van der Waals surface area (Å²) in [6.45, 7) is 8.58. The molecular formula is C37H48N2O4. The third-order valence-corrected chi connectivity index (χ3v) is 12.8. The van der Waals surface area contributed by atoms with Crippen LogP contribution in [0.15, 0.2) is 74.7 Å². The Labute approximate surface area is 256 Å². The highest BCUT2D eigenvalue weighted by atomic mass is 16.6. The molecule has 7 rings (SSSR count). The van der Waals surface area contributed by atoms with Crippen LogP contribution >= 0.6 is 0 Å². The van der Waals surface area contributed by atoms with E-state index < -0.39 is 5.60 Å². The van der Waals surface area contributed by atoms with Gasteiger partial charge in [0.05, 0.1) is 17.6 Å². The third-order valence-electron chi connectivity index (χ3n) is 12.8. The maximum Gasteiger partial charge on any atom is 0.335 e. The summed E-state index contributed by atoms with van der Waals surface area (Å²) in [6.07, 6.45) is 14.4. The Morgan fingerprint density at radius 3 is 2.51 bits per heavy atom. The molecule has 6 atom stereocenters. The standard InChI is InChI=1S/C37H48N2O4/c1-35-17-12-30(38-43-23-22-39-20-15-27(16-21-39)26-6-4-3-5-7-26)24-29(35)9-10-33-32(35)13-18-36(2)31(14-19-37(33,36)41)28-8-11-34(40)42-25-28/h3-8,11,24-25,27,31-33,41H,9-10,12-23H2,1-2H3/b38-30+/t31-,32+,33-,35+,36-,37+/m1/s1. The second-order valence-corrected chi connectivity index (χ2v) is 14.6. The lowest BCUT2D eigenvalue weighted by molar-refractivity contribution is -0.176. The number of piperidine rings is 1. The molecule has 230 valence electrons. The van der Waals surface area contributed by atoms with Crippen LogP contribution in [0.4, 0.5) is 0 Å². The highest BCUT2D eigenvalue weighted by Crippen LogP contribution is 2.70. The summed E-state index contributed by atoms with van der Waals surface area (Å²) >= 11 is 0. The molecule has 2 aromatic rings. The molecule has 1 aromatic heterocycles. The lowest BCUT2D eigenvalue weighted by atomic mass is 9.45. The monoisotopic (exact) mass is 584 g/mol. The van der Waals surface area contributed by atoms with Gasteiger partial charge in [-0.05, 0) is 130 Å². The number of oxime groups is 1. The van der Waals surface area contributed by atoms with Crippen LogP contribution in [0.3, 0.4) is 0 Å². The van der Waals surface area contributed by atoms with Gasteiger partial charge in [-0.25, -0.2) is 4.79 Å². The summed E-state index contributed by atoms with van der Waals surface area (Å²) in [5, 5.41) is 17.1. The molecule has 1 N–H and O–H groups in total. The van der Waals surface area contributed by atoms with Crippen molar-refractivity contribution in [3.63, 3.8) is 0 Å². The van der Waals surface area contributed by atoms with E-state index in [0.717, 1.165) is 82.3 Å².